The number of hydrogen-bond acceptors (Lipinski definition) is 2. The molecule has 22 heavy (non-hydrogen) atoms. The average Bonchev–Trinajstić information content (AvgIpc) is 2.34. The standard InChI is InChI=1S/C14H21F3N2O2S/c1-13(2,10-19(3)4)9-18-22(20,21)12-7-5-11(6-8-12)14(15,16)17/h5-8,18H,9-10H2,1-4H3/p+1. The Morgan fingerprint density at radius 3 is 2.00 bits per heavy atom. The summed E-state index contributed by atoms with van der Waals surface area (Å²) in [5.41, 5.74) is -1.14. The van der Waals surface area contributed by atoms with E-state index in [1.54, 1.807) is 0 Å². The number of alkyl halides is 3. The van der Waals surface area contributed by atoms with E-state index in [9.17, 15) is 21.6 Å². The van der Waals surface area contributed by atoms with E-state index in [1.165, 1.54) is 4.90 Å². The van der Waals surface area contributed by atoms with E-state index < -0.39 is 21.8 Å². The molecule has 4 nitrogen and oxygen atoms in total. The second kappa shape index (κ2) is 6.55. The van der Waals surface area contributed by atoms with Gasteiger partial charge in [-0.25, -0.2) is 13.1 Å². The molecule has 8 heteroatoms. The molecule has 0 spiro atoms. The normalized spacial score (nSPS) is 13.6. The molecular weight excluding hydrogens is 317 g/mol. The first-order chi connectivity index (χ1) is 9.83. The molecular formula is C14H22F3N2O2S+. The van der Waals surface area contributed by atoms with Gasteiger partial charge in [-0.15, -0.1) is 0 Å². The molecule has 0 bridgehead atoms. The topological polar surface area (TPSA) is 50.6 Å². The Hall–Kier alpha value is -1.12. The van der Waals surface area contributed by atoms with Gasteiger partial charge in [-0.1, -0.05) is 13.8 Å². The lowest BCUT2D eigenvalue weighted by Gasteiger charge is -2.26. The molecule has 0 aliphatic rings. The average molecular weight is 339 g/mol. The van der Waals surface area contributed by atoms with Gasteiger partial charge in [-0.05, 0) is 24.3 Å². The van der Waals surface area contributed by atoms with Gasteiger partial charge in [-0.2, -0.15) is 13.2 Å². The molecule has 0 radical (unpaired) electrons. The summed E-state index contributed by atoms with van der Waals surface area (Å²) in [6.07, 6.45) is -4.48. The summed E-state index contributed by atoms with van der Waals surface area (Å²) < 4.78 is 64.1. The van der Waals surface area contributed by atoms with E-state index in [2.05, 4.69) is 4.72 Å². The highest BCUT2D eigenvalue weighted by Gasteiger charge is 2.31. The molecule has 0 aromatic heterocycles. The van der Waals surface area contributed by atoms with Gasteiger partial charge in [0, 0.05) is 12.0 Å². The number of sulfonamides is 1. The fraction of sp³-hybridized carbons (Fsp3) is 0.571. The highest BCUT2D eigenvalue weighted by molar-refractivity contribution is 7.89. The van der Waals surface area contributed by atoms with E-state index in [4.69, 9.17) is 0 Å². The zero-order valence-corrected chi connectivity index (χ0v) is 13.9. The van der Waals surface area contributed by atoms with E-state index in [1.807, 2.05) is 27.9 Å². The van der Waals surface area contributed by atoms with Gasteiger partial charge in [0.15, 0.2) is 0 Å². The fourth-order valence-corrected chi connectivity index (χ4v) is 3.46. The lowest BCUT2D eigenvalue weighted by Crippen LogP contribution is -3.07. The predicted molar refractivity (Wildman–Crippen MR) is 78.1 cm³/mol. The van der Waals surface area contributed by atoms with Crippen LogP contribution in [0.4, 0.5) is 13.2 Å². The van der Waals surface area contributed by atoms with Gasteiger partial charge >= 0.3 is 6.18 Å². The Kier molecular flexibility index (Phi) is 5.64. The summed E-state index contributed by atoms with van der Waals surface area (Å²) >= 11 is 0. The molecule has 2 N–H and O–H groups in total. The van der Waals surface area contributed by atoms with Crippen molar-refractivity contribution in [3.05, 3.63) is 29.8 Å². The van der Waals surface area contributed by atoms with Gasteiger partial charge in [0.1, 0.15) is 0 Å². The molecule has 126 valence electrons. The molecule has 0 heterocycles. The van der Waals surface area contributed by atoms with Crippen molar-refractivity contribution in [2.75, 3.05) is 27.2 Å². The van der Waals surface area contributed by atoms with Crippen LogP contribution in [0.2, 0.25) is 0 Å². The Labute approximate surface area is 129 Å². The Bertz CT molecular complexity index is 594. The minimum Gasteiger partial charge on any atom is -0.339 e. The van der Waals surface area contributed by atoms with E-state index in [0.29, 0.717) is 0 Å². The maximum Gasteiger partial charge on any atom is 0.416 e. The van der Waals surface area contributed by atoms with Crippen LogP contribution in [0.3, 0.4) is 0 Å². The summed E-state index contributed by atoms with van der Waals surface area (Å²) in [5, 5.41) is 0. The van der Waals surface area contributed by atoms with Crippen molar-refractivity contribution in [3.8, 4) is 0 Å². The summed E-state index contributed by atoms with van der Waals surface area (Å²) in [7, 11) is 0.111. The van der Waals surface area contributed by atoms with E-state index in [0.717, 1.165) is 30.8 Å². The van der Waals surface area contributed by atoms with Crippen LogP contribution in [0.15, 0.2) is 29.2 Å². The van der Waals surface area contributed by atoms with Crippen LogP contribution in [0.1, 0.15) is 19.4 Å². The second-order valence-corrected chi connectivity index (χ2v) is 8.16. The van der Waals surface area contributed by atoms with Crippen molar-refractivity contribution in [2.24, 2.45) is 5.41 Å². The van der Waals surface area contributed by atoms with Crippen LogP contribution in [0.5, 0.6) is 0 Å². The van der Waals surface area contributed by atoms with E-state index in [-0.39, 0.29) is 16.9 Å². The molecule has 0 saturated heterocycles. The first-order valence-corrected chi connectivity index (χ1v) is 8.28. The van der Waals surface area contributed by atoms with Gasteiger partial charge in [-0.3, -0.25) is 0 Å². The SMILES string of the molecule is C[NH+](C)CC(C)(C)CNS(=O)(=O)c1ccc(C(F)(F)F)cc1. The number of halogens is 3. The van der Waals surface area contributed by atoms with Crippen LogP contribution in [0, 0.1) is 5.41 Å². The van der Waals surface area contributed by atoms with Crippen molar-refractivity contribution in [1.82, 2.24) is 4.72 Å². The van der Waals surface area contributed by atoms with Gasteiger partial charge in [0.2, 0.25) is 10.0 Å². The van der Waals surface area contributed by atoms with Crippen molar-refractivity contribution in [3.63, 3.8) is 0 Å². The lowest BCUT2D eigenvalue weighted by atomic mass is 9.93. The summed E-state index contributed by atoms with van der Waals surface area (Å²) in [6, 6.07) is 3.47. The molecule has 1 aromatic rings. The smallest absolute Gasteiger partial charge is 0.339 e. The number of hydrogen-bond donors (Lipinski definition) is 2. The van der Waals surface area contributed by atoms with Crippen LogP contribution in [-0.4, -0.2) is 35.6 Å². The number of rotatable bonds is 6. The zero-order chi connectivity index (χ0) is 17.2. The molecule has 0 unspecified atom stereocenters. The van der Waals surface area contributed by atoms with Crippen molar-refractivity contribution >= 4 is 10.0 Å². The molecule has 0 amide bonds. The minimum absolute atomic E-state index is 0.173. The third kappa shape index (κ3) is 5.58. The number of benzene rings is 1. The molecule has 0 aliphatic carbocycles. The molecule has 0 atom stereocenters. The van der Waals surface area contributed by atoms with Gasteiger partial charge < -0.3 is 4.90 Å². The van der Waals surface area contributed by atoms with Crippen molar-refractivity contribution in [1.29, 1.82) is 0 Å². The third-order valence-corrected chi connectivity index (χ3v) is 4.48. The molecule has 0 aliphatic heterocycles. The minimum atomic E-state index is -4.48. The van der Waals surface area contributed by atoms with Crippen LogP contribution in [0.25, 0.3) is 0 Å². The Balaban J connectivity index is 2.83. The van der Waals surface area contributed by atoms with Gasteiger partial charge in [0.05, 0.1) is 31.1 Å². The Morgan fingerprint density at radius 1 is 1.09 bits per heavy atom. The van der Waals surface area contributed by atoms with Crippen molar-refractivity contribution < 1.29 is 26.5 Å². The predicted octanol–water partition coefficient (Wildman–Crippen LogP) is 1.15. The molecule has 0 fully saturated rings. The largest absolute Gasteiger partial charge is 0.416 e. The first kappa shape index (κ1) is 18.9. The summed E-state index contributed by atoms with van der Waals surface area (Å²) in [4.78, 5) is 1.01. The molecule has 1 aromatic carbocycles. The summed E-state index contributed by atoms with van der Waals surface area (Å²) in [6.45, 7) is 4.81. The number of quaternary nitrogens is 1. The first-order valence-electron chi connectivity index (χ1n) is 6.79. The lowest BCUT2D eigenvalue weighted by molar-refractivity contribution is -0.865. The third-order valence-electron chi connectivity index (χ3n) is 3.06. The van der Waals surface area contributed by atoms with Gasteiger partial charge in [0.25, 0.3) is 0 Å². The second-order valence-electron chi connectivity index (χ2n) is 6.39. The monoisotopic (exact) mass is 339 g/mol. The van der Waals surface area contributed by atoms with Crippen molar-refractivity contribution in [2.45, 2.75) is 24.9 Å². The zero-order valence-electron chi connectivity index (χ0n) is 13.1. The Morgan fingerprint density at radius 2 is 1.59 bits per heavy atom. The van der Waals surface area contributed by atoms with E-state index >= 15 is 0 Å². The molecule has 0 saturated carbocycles. The summed E-state index contributed by atoms with van der Waals surface area (Å²) in [5.74, 6) is 0. The van der Waals surface area contributed by atoms with Crippen LogP contribution in [-0.2, 0) is 16.2 Å². The van der Waals surface area contributed by atoms with Crippen LogP contribution < -0.4 is 9.62 Å². The highest BCUT2D eigenvalue weighted by Crippen LogP contribution is 2.29. The fourth-order valence-electron chi connectivity index (χ4n) is 2.22. The quantitative estimate of drug-likeness (QED) is 0.817. The number of nitrogens with one attached hydrogen (secondary N) is 2. The molecule has 1 rings (SSSR count). The highest BCUT2D eigenvalue weighted by atomic mass is 32.2. The maximum atomic E-state index is 12.5. The maximum absolute atomic E-state index is 12.5. The van der Waals surface area contributed by atoms with Crippen LogP contribution >= 0.6 is 0 Å².